The summed E-state index contributed by atoms with van der Waals surface area (Å²) in [7, 11) is 0. The first-order chi connectivity index (χ1) is 10.6. The Labute approximate surface area is 130 Å². The van der Waals surface area contributed by atoms with Crippen molar-refractivity contribution in [2.24, 2.45) is 0 Å². The van der Waals surface area contributed by atoms with E-state index in [4.69, 9.17) is 0 Å². The van der Waals surface area contributed by atoms with Crippen molar-refractivity contribution in [2.75, 3.05) is 0 Å². The molecule has 0 spiro atoms. The fourth-order valence-electron chi connectivity index (χ4n) is 2.41. The molecule has 0 saturated carbocycles. The highest BCUT2D eigenvalue weighted by Gasteiger charge is 2.30. The Kier molecular flexibility index (Phi) is 6.10. The van der Waals surface area contributed by atoms with Gasteiger partial charge in [-0.25, -0.2) is 0 Å². The molecule has 2 aromatic rings. The largest absolute Gasteiger partial charge is 0.390 e. The zero-order valence-corrected chi connectivity index (χ0v) is 12.3. The molecule has 4 atom stereocenters. The summed E-state index contributed by atoms with van der Waals surface area (Å²) < 4.78 is 0. The average molecular weight is 302 g/mol. The van der Waals surface area contributed by atoms with Gasteiger partial charge in [-0.05, 0) is 11.1 Å². The lowest BCUT2D eigenvalue weighted by atomic mass is 9.94. The second kappa shape index (κ2) is 8.06. The molecule has 4 nitrogen and oxygen atoms in total. The van der Waals surface area contributed by atoms with E-state index in [9.17, 15) is 20.4 Å². The van der Waals surface area contributed by atoms with E-state index in [1.165, 1.54) is 0 Å². The number of rotatable bonds is 7. The van der Waals surface area contributed by atoms with E-state index in [0.717, 1.165) is 11.1 Å². The number of hydrogen-bond donors (Lipinski definition) is 4. The monoisotopic (exact) mass is 302 g/mol. The van der Waals surface area contributed by atoms with Gasteiger partial charge in [0.25, 0.3) is 0 Å². The Morgan fingerprint density at radius 1 is 0.545 bits per heavy atom. The summed E-state index contributed by atoms with van der Waals surface area (Å²) in [5, 5.41) is 40.1. The van der Waals surface area contributed by atoms with Crippen molar-refractivity contribution in [3.63, 3.8) is 0 Å². The molecule has 2 aromatic carbocycles. The topological polar surface area (TPSA) is 80.9 Å². The van der Waals surface area contributed by atoms with Gasteiger partial charge in [-0.3, -0.25) is 0 Å². The third-order valence-electron chi connectivity index (χ3n) is 3.71. The Morgan fingerprint density at radius 3 is 1.18 bits per heavy atom. The van der Waals surface area contributed by atoms with Gasteiger partial charge in [-0.1, -0.05) is 60.7 Å². The molecule has 4 N–H and O–H groups in total. The first-order valence-corrected chi connectivity index (χ1v) is 7.38. The first-order valence-electron chi connectivity index (χ1n) is 7.38. The maximum Gasteiger partial charge on any atom is 0.109 e. The molecule has 0 aromatic heterocycles. The molecular weight excluding hydrogens is 280 g/mol. The van der Waals surface area contributed by atoms with Crippen LogP contribution in [0.4, 0.5) is 0 Å². The second-order valence-corrected chi connectivity index (χ2v) is 5.50. The number of aliphatic hydroxyl groups excluding tert-OH is 4. The molecule has 118 valence electrons. The van der Waals surface area contributed by atoms with Crippen LogP contribution in [-0.2, 0) is 12.8 Å². The Morgan fingerprint density at radius 2 is 0.864 bits per heavy atom. The SMILES string of the molecule is O[C@H]([C@H](O)[C@@H](O)Cc1ccccc1)[C@H](O)Cc1ccccc1. The summed E-state index contributed by atoms with van der Waals surface area (Å²) in [6.07, 6.45) is -4.64. The van der Waals surface area contributed by atoms with E-state index in [1.807, 2.05) is 60.7 Å². The predicted octanol–water partition coefficient (Wildman–Crippen LogP) is 0.915. The van der Waals surface area contributed by atoms with E-state index >= 15 is 0 Å². The minimum Gasteiger partial charge on any atom is -0.390 e. The molecule has 0 unspecified atom stereocenters. The lowest BCUT2D eigenvalue weighted by molar-refractivity contribution is -0.104. The van der Waals surface area contributed by atoms with Gasteiger partial charge < -0.3 is 20.4 Å². The van der Waals surface area contributed by atoms with E-state index < -0.39 is 24.4 Å². The number of hydrogen-bond acceptors (Lipinski definition) is 4. The Balaban J connectivity index is 1.91. The highest BCUT2D eigenvalue weighted by molar-refractivity contribution is 5.17. The molecule has 0 bridgehead atoms. The van der Waals surface area contributed by atoms with Crippen molar-refractivity contribution in [3.8, 4) is 0 Å². The van der Waals surface area contributed by atoms with Crippen molar-refractivity contribution in [2.45, 2.75) is 37.3 Å². The molecule has 0 aliphatic carbocycles. The van der Waals surface area contributed by atoms with Crippen LogP contribution in [0.5, 0.6) is 0 Å². The lowest BCUT2D eigenvalue weighted by Gasteiger charge is -2.26. The van der Waals surface area contributed by atoms with Crippen molar-refractivity contribution in [3.05, 3.63) is 71.8 Å². The molecule has 0 saturated heterocycles. The second-order valence-electron chi connectivity index (χ2n) is 5.50. The van der Waals surface area contributed by atoms with Crippen LogP contribution in [-0.4, -0.2) is 44.8 Å². The van der Waals surface area contributed by atoms with E-state index in [1.54, 1.807) is 0 Å². The average Bonchev–Trinajstić information content (AvgIpc) is 2.55. The van der Waals surface area contributed by atoms with Crippen molar-refractivity contribution in [1.82, 2.24) is 0 Å². The maximum absolute atomic E-state index is 10.0. The molecule has 22 heavy (non-hydrogen) atoms. The zero-order valence-electron chi connectivity index (χ0n) is 12.3. The van der Waals surface area contributed by atoms with E-state index in [-0.39, 0.29) is 12.8 Å². The zero-order chi connectivity index (χ0) is 15.9. The van der Waals surface area contributed by atoms with Crippen LogP contribution in [0, 0.1) is 0 Å². The third kappa shape index (κ3) is 4.64. The van der Waals surface area contributed by atoms with Gasteiger partial charge in [0.05, 0.1) is 12.2 Å². The fourth-order valence-corrected chi connectivity index (χ4v) is 2.41. The molecule has 4 heteroatoms. The number of benzene rings is 2. The van der Waals surface area contributed by atoms with Crippen LogP contribution in [0.2, 0.25) is 0 Å². The highest BCUT2D eigenvalue weighted by Crippen LogP contribution is 2.14. The van der Waals surface area contributed by atoms with Gasteiger partial charge >= 0.3 is 0 Å². The number of aliphatic hydroxyl groups is 4. The summed E-state index contributed by atoms with van der Waals surface area (Å²) in [5.74, 6) is 0. The van der Waals surface area contributed by atoms with Gasteiger partial charge in [0.2, 0.25) is 0 Å². The smallest absolute Gasteiger partial charge is 0.109 e. The molecule has 0 amide bonds. The van der Waals surface area contributed by atoms with Gasteiger partial charge in [0.15, 0.2) is 0 Å². The van der Waals surface area contributed by atoms with Crippen LogP contribution >= 0.6 is 0 Å². The summed E-state index contributed by atoms with van der Waals surface area (Å²) in [4.78, 5) is 0. The molecule has 0 radical (unpaired) electrons. The van der Waals surface area contributed by atoms with Gasteiger partial charge in [0, 0.05) is 12.8 Å². The van der Waals surface area contributed by atoms with E-state index in [0.29, 0.717) is 0 Å². The van der Waals surface area contributed by atoms with Crippen LogP contribution in [0.1, 0.15) is 11.1 Å². The van der Waals surface area contributed by atoms with Gasteiger partial charge in [-0.15, -0.1) is 0 Å². The summed E-state index contributed by atoms with van der Waals surface area (Å²) in [6, 6.07) is 18.4. The summed E-state index contributed by atoms with van der Waals surface area (Å²) in [5.41, 5.74) is 1.72. The fraction of sp³-hybridized carbons (Fsp3) is 0.333. The standard InChI is InChI=1S/C18H22O4/c19-15(11-13-7-3-1-4-8-13)17(21)18(22)16(20)12-14-9-5-2-6-10-14/h1-10,15-22H,11-12H2/t15-,16+,17+,18-. The Bertz CT molecular complexity index is 492. The minimum absolute atomic E-state index is 0.219. The van der Waals surface area contributed by atoms with Crippen LogP contribution in [0.3, 0.4) is 0 Å². The summed E-state index contributed by atoms with van der Waals surface area (Å²) in [6.45, 7) is 0. The van der Waals surface area contributed by atoms with Crippen molar-refractivity contribution >= 4 is 0 Å². The molecule has 0 heterocycles. The molecule has 2 rings (SSSR count). The van der Waals surface area contributed by atoms with Crippen molar-refractivity contribution in [1.29, 1.82) is 0 Å². The van der Waals surface area contributed by atoms with Crippen molar-refractivity contribution < 1.29 is 20.4 Å². The van der Waals surface area contributed by atoms with Crippen LogP contribution in [0.25, 0.3) is 0 Å². The molecule has 0 fully saturated rings. The molecular formula is C18H22O4. The molecule has 0 aliphatic rings. The quantitative estimate of drug-likeness (QED) is 0.613. The van der Waals surface area contributed by atoms with Gasteiger partial charge in [0.1, 0.15) is 12.2 Å². The maximum atomic E-state index is 10.0. The normalized spacial score (nSPS) is 16.7. The van der Waals surface area contributed by atoms with Crippen LogP contribution < -0.4 is 0 Å². The first kappa shape index (κ1) is 16.6. The third-order valence-corrected chi connectivity index (χ3v) is 3.71. The Hall–Kier alpha value is -1.72. The predicted molar refractivity (Wildman–Crippen MR) is 84.3 cm³/mol. The summed E-state index contributed by atoms with van der Waals surface area (Å²) >= 11 is 0. The van der Waals surface area contributed by atoms with Gasteiger partial charge in [-0.2, -0.15) is 0 Å². The molecule has 0 aliphatic heterocycles. The minimum atomic E-state index is -1.40. The lowest BCUT2D eigenvalue weighted by Crippen LogP contribution is -2.46. The van der Waals surface area contributed by atoms with E-state index in [2.05, 4.69) is 0 Å². The highest BCUT2D eigenvalue weighted by atomic mass is 16.4. The van der Waals surface area contributed by atoms with Crippen LogP contribution in [0.15, 0.2) is 60.7 Å².